The largest absolute Gasteiger partial charge is 0.481 e. The van der Waals surface area contributed by atoms with Gasteiger partial charge in [0.15, 0.2) is 0 Å². The van der Waals surface area contributed by atoms with E-state index >= 15 is 0 Å². The van der Waals surface area contributed by atoms with Gasteiger partial charge in [0.25, 0.3) is 0 Å². The number of primary amides is 2. The Bertz CT molecular complexity index is 2150. The molecule has 19 heteroatoms. The van der Waals surface area contributed by atoms with Crippen LogP contribution in [0.4, 0.5) is 0 Å². The Hall–Kier alpha value is -4.78. The third kappa shape index (κ3) is 9.20. The maximum absolute atomic E-state index is 13.3. The van der Waals surface area contributed by atoms with E-state index in [0.717, 1.165) is 0 Å². The second-order valence-corrected chi connectivity index (χ2v) is 20.1. The quantitative estimate of drug-likeness (QED) is 0.0974. The normalized spacial score (nSPS) is 34.9. The number of carboxylic acid groups (broad SMARTS) is 5. The van der Waals surface area contributed by atoms with Crippen LogP contribution in [0.25, 0.3) is 0 Å². The van der Waals surface area contributed by atoms with Gasteiger partial charge in [-0.25, -0.2) is 0 Å². The first kappa shape index (κ1) is 51.8. The van der Waals surface area contributed by atoms with Crippen LogP contribution < -0.4 is 11.5 Å². The predicted molar refractivity (Wildman–Crippen MR) is 232 cm³/mol. The number of carbonyl (C=O) groups is 7. The second kappa shape index (κ2) is 18.6. The zero-order valence-corrected chi connectivity index (χ0v) is 38.9. The first-order valence-electron chi connectivity index (χ1n) is 21.7. The van der Waals surface area contributed by atoms with Gasteiger partial charge >= 0.3 is 29.8 Å². The minimum Gasteiger partial charge on any atom is -0.481 e. The molecule has 11 atom stereocenters. The third-order valence-corrected chi connectivity index (χ3v) is 15.9. The standard InChI is InChI=1S/C45H64N6O12.Co/c1-21-36-24(10-13-32(56)57)41(3,4)28(49-36)18-27-23(9-12-31(54)55)43(6,19-29(46)52)39(48-27)22(2)37-25(11-14-33(58)59)44(7,20-30(47)53)45(8,51-37)40-26(17-35(62)63)42(5,38(21)50-40)16-15-34(60)61;/h21,23-26,36,40H,9-20H2,1-8H3,(H2,46,52)(H2,47,53)(H,54,55)(H,56,57)(H,58,59)(H,60,61)(H,62,63);. The predicted octanol–water partition coefficient (Wildman–Crippen LogP) is 4.81. The molecule has 5 aliphatic heterocycles. The van der Waals surface area contributed by atoms with Crippen molar-refractivity contribution < 1.29 is 75.9 Å². The zero-order valence-electron chi connectivity index (χ0n) is 37.9. The van der Waals surface area contributed by atoms with E-state index in [-0.39, 0.29) is 87.4 Å². The fraction of sp³-hybridized carbons (Fsp3) is 0.711. The Morgan fingerprint density at radius 3 is 1.73 bits per heavy atom. The number of aliphatic carboxylic acids is 5. The maximum Gasteiger partial charge on any atom is 0.303 e. The molecule has 5 rings (SSSR count). The number of nitrogens with zero attached hydrogens (tertiary/aromatic N) is 4. The van der Waals surface area contributed by atoms with Crippen LogP contribution in [0.1, 0.15) is 132 Å². The summed E-state index contributed by atoms with van der Waals surface area (Å²) in [7, 11) is 0. The molecular formula is C45H64CoN6O12. The van der Waals surface area contributed by atoms with Gasteiger partial charge in [-0.1, -0.05) is 41.5 Å². The molecule has 0 saturated heterocycles. The monoisotopic (exact) mass is 939 g/mol. The number of amides is 2. The average Bonchev–Trinajstić information content (AvgIpc) is 3.75. The summed E-state index contributed by atoms with van der Waals surface area (Å²) in [6.45, 7) is 14.7. The van der Waals surface area contributed by atoms with E-state index in [9.17, 15) is 59.1 Å². The molecule has 5 heterocycles. The minimum absolute atomic E-state index is 0. The Kier molecular flexibility index (Phi) is 15.1. The number of nitrogens with two attached hydrogens (primary N) is 2. The molecule has 0 saturated carbocycles. The van der Waals surface area contributed by atoms with Crippen LogP contribution in [0, 0.1) is 51.2 Å². The van der Waals surface area contributed by atoms with Crippen LogP contribution in [0.15, 0.2) is 31.2 Å². The van der Waals surface area contributed by atoms with Crippen LogP contribution in [0.5, 0.6) is 0 Å². The first-order chi connectivity index (χ1) is 29.0. The number of allylic oxidation sites excluding steroid dienone is 2. The molecule has 0 spiro atoms. The molecule has 9 N–H and O–H groups in total. The van der Waals surface area contributed by atoms with Gasteiger partial charge in [0.2, 0.25) is 11.8 Å². The van der Waals surface area contributed by atoms with E-state index in [0.29, 0.717) is 34.1 Å². The second-order valence-electron chi connectivity index (χ2n) is 20.1. The molecular weight excluding hydrogens is 875 g/mol. The van der Waals surface area contributed by atoms with Gasteiger partial charge < -0.3 is 37.0 Å². The number of aliphatic imine (C=N–C) groups is 4. The van der Waals surface area contributed by atoms with Crippen LogP contribution in [-0.2, 0) is 50.3 Å². The van der Waals surface area contributed by atoms with E-state index < -0.39 is 117 Å². The number of hydrogen-bond donors (Lipinski definition) is 7. The Morgan fingerprint density at radius 2 is 1.22 bits per heavy atom. The van der Waals surface area contributed by atoms with Crippen molar-refractivity contribution in [2.24, 2.45) is 82.7 Å². The van der Waals surface area contributed by atoms with Gasteiger partial charge in [0.05, 0.1) is 29.7 Å². The summed E-state index contributed by atoms with van der Waals surface area (Å²) >= 11 is 0. The van der Waals surface area contributed by atoms with Crippen molar-refractivity contribution in [2.45, 2.75) is 150 Å². The number of rotatable bonds is 18. The molecule has 18 nitrogen and oxygen atoms in total. The van der Waals surface area contributed by atoms with Gasteiger partial charge in [-0.15, -0.1) is 0 Å². The van der Waals surface area contributed by atoms with E-state index in [1.165, 1.54) is 0 Å². The summed E-state index contributed by atoms with van der Waals surface area (Å²) < 4.78 is 0. The third-order valence-electron chi connectivity index (χ3n) is 15.9. The van der Waals surface area contributed by atoms with Gasteiger partial charge in [-0.05, 0) is 51.0 Å². The smallest absolute Gasteiger partial charge is 0.303 e. The van der Waals surface area contributed by atoms with Gasteiger partial charge in [0, 0.05) is 130 Å². The SMILES string of the molecule is CC1=C2N=C(CC3=NC(C(C)C4=NC(C(CC(=O)O)C4(C)CCC(=O)O)C4(C)N=C1C(CCC(=O)O)C4(C)CC(N)=O)C(CCC(=O)O)C3(C)C)C(CCC(=O)O)C2(C)CC(N)=O.[Co]. The summed E-state index contributed by atoms with van der Waals surface area (Å²) in [6.07, 6.45) is -1.93. The zero-order chi connectivity index (χ0) is 47.4. The fourth-order valence-corrected chi connectivity index (χ4v) is 12.5. The van der Waals surface area contributed by atoms with Gasteiger partial charge in [0.1, 0.15) is 0 Å². The van der Waals surface area contributed by atoms with Crippen molar-refractivity contribution in [3.8, 4) is 0 Å². The number of carboxylic acids is 5. The molecule has 0 aromatic heterocycles. The van der Waals surface area contributed by atoms with Crippen molar-refractivity contribution in [3.63, 3.8) is 0 Å². The van der Waals surface area contributed by atoms with Crippen LogP contribution in [-0.4, -0.2) is 108 Å². The molecule has 0 aliphatic carbocycles. The topological polar surface area (TPSA) is 322 Å². The van der Waals surface area contributed by atoms with Crippen molar-refractivity contribution in [1.82, 2.24) is 0 Å². The minimum atomic E-state index is -1.51. The molecule has 8 bridgehead atoms. The molecule has 0 fully saturated rings. The molecule has 2 amide bonds. The van der Waals surface area contributed by atoms with Crippen LogP contribution >= 0.6 is 0 Å². The summed E-state index contributed by atoms with van der Waals surface area (Å²) in [6, 6.07) is -1.68. The molecule has 64 heavy (non-hydrogen) atoms. The van der Waals surface area contributed by atoms with Crippen molar-refractivity contribution in [3.05, 3.63) is 11.3 Å². The summed E-state index contributed by atoms with van der Waals surface area (Å²) in [5.74, 6) is -10.4. The maximum atomic E-state index is 13.3. The molecule has 5 aliphatic rings. The van der Waals surface area contributed by atoms with Crippen LogP contribution in [0.2, 0.25) is 0 Å². The number of hydrogen-bond acceptors (Lipinski definition) is 11. The van der Waals surface area contributed by atoms with E-state index in [4.69, 9.17) is 31.4 Å². The Balaban J connectivity index is 0.00000898. The van der Waals surface area contributed by atoms with E-state index in [1.807, 2.05) is 20.8 Å². The molecule has 0 aromatic carbocycles. The fourth-order valence-electron chi connectivity index (χ4n) is 12.5. The van der Waals surface area contributed by atoms with Crippen molar-refractivity contribution in [1.29, 1.82) is 0 Å². The Morgan fingerprint density at radius 1 is 0.688 bits per heavy atom. The first-order valence-corrected chi connectivity index (χ1v) is 21.7. The summed E-state index contributed by atoms with van der Waals surface area (Å²) in [5, 5.41) is 50.7. The van der Waals surface area contributed by atoms with Gasteiger partial charge in [-0.3, -0.25) is 53.5 Å². The molecule has 0 aromatic rings. The Labute approximate surface area is 383 Å². The van der Waals surface area contributed by atoms with Gasteiger partial charge in [-0.2, -0.15) is 0 Å². The van der Waals surface area contributed by atoms with E-state index in [2.05, 4.69) is 0 Å². The van der Waals surface area contributed by atoms with Crippen molar-refractivity contribution in [2.75, 3.05) is 0 Å². The number of fused-ring (bicyclic) bond motifs is 5. The summed E-state index contributed by atoms with van der Waals surface area (Å²) in [5.41, 5.74) is 8.85. The van der Waals surface area contributed by atoms with Crippen LogP contribution in [0.3, 0.4) is 0 Å². The molecule has 11 unspecified atom stereocenters. The van der Waals surface area contributed by atoms with E-state index in [1.54, 1.807) is 34.6 Å². The number of carbonyl (C=O) groups excluding carboxylic acids is 2. The molecule has 1 radical (unpaired) electrons. The molecule has 355 valence electrons. The average molecular weight is 940 g/mol. The van der Waals surface area contributed by atoms with Crippen molar-refractivity contribution >= 4 is 64.5 Å². The summed E-state index contributed by atoms with van der Waals surface area (Å²) in [4.78, 5) is 110.